The zero-order valence-corrected chi connectivity index (χ0v) is 11.3. The lowest BCUT2D eigenvalue weighted by atomic mass is 10.1. The monoisotopic (exact) mass is 259 g/mol. The Morgan fingerprint density at radius 1 is 1.44 bits per heavy atom. The summed E-state index contributed by atoms with van der Waals surface area (Å²) in [6, 6.07) is 8.68. The third kappa shape index (κ3) is 2.06. The number of nitrogens with zero attached hydrogens (tertiary/aromatic N) is 2. The van der Waals surface area contributed by atoms with Crippen LogP contribution in [0.25, 0.3) is 0 Å². The Kier molecular flexibility index (Phi) is 3.14. The summed E-state index contributed by atoms with van der Waals surface area (Å²) in [5.41, 5.74) is 8.36. The number of hydrogen-bond acceptors (Lipinski definition) is 3. The molecule has 3 nitrogen and oxygen atoms in total. The molecule has 0 spiro atoms. The molecule has 18 heavy (non-hydrogen) atoms. The maximum absolute atomic E-state index is 5.75. The highest BCUT2D eigenvalue weighted by atomic mass is 32.2. The molecule has 1 atom stereocenters. The van der Waals surface area contributed by atoms with Crippen molar-refractivity contribution in [2.75, 3.05) is 0 Å². The van der Waals surface area contributed by atoms with Crippen molar-refractivity contribution in [1.29, 1.82) is 0 Å². The molecule has 1 aromatic heterocycles. The molecule has 0 radical (unpaired) electrons. The fourth-order valence-electron chi connectivity index (χ4n) is 2.49. The number of hydrogen-bond donors (Lipinski definition) is 1. The number of rotatable bonds is 3. The van der Waals surface area contributed by atoms with Crippen molar-refractivity contribution in [2.24, 2.45) is 5.73 Å². The first-order chi connectivity index (χ1) is 8.78. The SMILES string of the molecule is Cc1ncc(CN)n1CC1Cc2ccccc2S1. The van der Waals surface area contributed by atoms with Gasteiger partial charge in [0, 0.05) is 29.4 Å². The van der Waals surface area contributed by atoms with Crippen molar-refractivity contribution in [2.45, 2.75) is 36.6 Å². The van der Waals surface area contributed by atoms with Gasteiger partial charge in [-0.25, -0.2) is 4.98 Å². The van der Waals surface area contributed by atoms with Gasteiger partial charge in [-0.15, -0.1) is 11.8 Å². The van der Waals surface area contributed by atoms with Gasteiger partial charge in [0.2, 0.25) is 0 Å². The first kappa shape index (κ1) is 11.8. The fourth-order valence-corrected chi connectivity index (χ4v) is 3.79. The molecular weight excluding hydrogens is 242 g/mol. The van der Waals surface area contributed by atoms with E-state index in [2.05, 4.69) is 33.8 Å². The van der Waals surface area contributed by atoms with Crippen LogP contribution >= 0.6 is 11.8 Å². The van der Waals surface area contributed by atoms with Gasteiger partial charge >= 0.3 is 0 Å². The number of benzene rings is 1. The second-order valence-corrected chi connectivity index (χ2v) is 6.01. The maximum atomic E-state index is 5.75. The van der Waals surface area contributed by atoms with Crippen LogP contribution in [0.15, 0.2) is 35.4 Å². The first-order valence-corrected chi connectivity index (χ1v) is 7.11. The van der Waals surface area contributed by atoms with Crippen molar-refractivity contribution < 1.29 is 0 Å². The van der Waals surface area contributed by atoms with E-state index in [1.165, 1.54) is 10.5 Å². The topological polar surface area (TPSA) is 43.8 Å². The van der Waals surface area contributed by atoms with Gasteiger partial charge in [-0.05, 0) is 25.0 Å². The molecule has 0 amide bonds. The van der Waals surface area contributed by atoms with Crippen molar-refractivity contribution >= 4 is 11.8 Å². The van der Waals surface area contributed by atoms with Gasteiger partial charge in [-0.3, -0.25) is 0 Å². The van der Waals surface area contributed by atoms with Gasteiger partial charge < -0.3 is 10.3 Å². The number of fused-ring (bicyclic) bond motifs is 1. The Balaban J connectivity index is 1.78. The van der Waals surface area contributed by atoms with Crippen LogP contribution in [0.5, 0.6) is 0 Å². The molecule has 0 saturated heterocycles. The average molecular weight is 259 g/mol. The highest BCUT2D eigenvalue weighted by molar-refractivity contribution is 8.00. The Bertz CT molecular complexity index is 537. The van der Waals surface area contributed by atoms with Crippen LogP contribution in [0.3, 0.4) is 0 Å². The van der Waals surface area contributed by atoms with Crippen LogP contribution in [-0.2, 0) is 19.5 Å². The number of thioether (sulfide) groups is 1. The van der Waals surface area contributed by atoms with E-state index in [9.17, 15) is 0 Å². The van der Waals surface area contributed by atoms with E-state index < -0.39 is 0 Å². The normalized spacial score (nSPS) is 18.0. The number of aryl methyl sites for hydroxylation is 1. The van der Waals surface area contributed by atoms with E-state index in [4.69, 9.17) is 5.73 Å². The second kappa shape index (κ2) is 4.78. The minimum Gasteiger partial charge on any atom is -0.330 e. The molecule has 1 aromatic carbocycles. The average Bonchev–Trinajstić information content (AvgIpc) is 2.94. The first-order valence-electron chi connectivity index (χ1n) is 6.23. The Labute approximate surface area is 111 Å². The van der Waals surface area contributed by atoms with E-state index in [0.717, 1.165) is 24.5 Å². The van der Waals surface area contributed by atoms with Gasteiger partial charge in [0.25, 0.3) is 0 Å². The van der Waals surface area contributed by atoms with Crippen LogP contribution in [-0.4, -0.2) is 14.8 Å². The van der Waals surface area contributed by atoms with Crippen LogP contribution in [0.1, 0.15) is 17.1 Å². The highest BCUT2D eigenvalue weighted by Crippen LogP contribution is 2.37. The fraction of sp³-hybridized carbons (Fsp3) is 0.357. The third-order valence-electron chi connectivity index (χ3n) is 3.45. The molecule has 1 unspecified atom stereocenters. The van der Waals surface area contributed by atoms with E-state index in [1.54, 1.807) is 0 Å². The molecule has 2 N–H and O–H groups in total. The molecule has 3 rings (SSSR count). The maximum Gasteiger partial charge on any atom is 0.105 e. The standard InChI is InChI=1S/C14H17N3S/c1-10-16-8-12(7-15)17(10)9-13-6-11-4-2-3-5-14(11)18-13/h2-5,8,13H,6-7,9,15H2,1H3. The van der Waals surface area contributed by atoms with Crippen LogP contribution in [0, 0.1) is 6.92 Å². The predicted molar refractivity (Wildman–Crippen MR) is 74.6 cm³/mol. The van der Waals surface area contributed by atoms with Crippen molar-refractivity contribution in [3.8, 4) is 0 Å². The van der Waals surface area contributed by atoms with E-state index in [1.807, 2.05) is 24.9 Å². The summed E-state index contributed by atoms with van der Waals surface area (Å²) in [4.78, 5) is 5.78. The summed E-state index contributed by atoms with van der Waals surface area (Å²) in [5, 5.41) is 0.598. The minimum atomic E-state index is 0.561. The van der Waals surface area contributed by atoms with Gasteiger partial charge in [0.05, 0.1) is 5.69 Å². The summed E-state index contributed by atoms with van der Waals surface area (Å²) in [7, 11) is 0. The second-order valence-electron chi connectivity index (χ2n) is 4.66. The lowest BCUT2D eigenvalue weighted by Crippen LogP contribution is -2.17. The van der Waals surface area contributed by atoms with Crippen LogP contribution in [0.2, 0.25) is 0 Å². The molecule has 4 heteroatoms. The molecule has 1 aliphatic heterocycles. The van der Waals surface area contributed by atoms with E-state index >= 15 is 0 Å². The molecule has 1 aliphatic rings. The van der Waals surface area contributed by atoms with Gasteiger partial charge in [0.15, 0.2) is 0 Å². The molecule has 2 heterocycles. The van der Waals surface area contributed by atoms with Gasteiger partial charge in [0.1, 0.15) is 5.82 Å². The number of nitrogens with two attached hydrogens (primary N) is 1. The van der Waals surface area contributed by atoms with Crippen LogP contribution < -0.4 is 5.73 Å². The molecule has 0 fully saturated rings. The molecule has 0 bridgehead atoms. The lowest BCUT2D eigenvalue weighted by Gasteiger charge is -2.13. The van der Waals surface area contributed by atoms with Gasteiger partial charge in [-0.1, -0.05) is 18.2 Å². The molecular formula is C14H17N3S. The van der Waals surface area contributed by atoms with Crippen molar-refractivity contribution in [3.63, 3.8) is 0 Å². The molecule has 94 valence electrons. The van der Waals surface area contributed by atoms with E-state index in [-0.39, 0.29) is 0 Å². The van der Waals surface area contributed by atoms with Crippen molar-refractivity contribution in [1.82, 2.24) is 9.55 Å². The number of imidazole rings is 1. The summed E-state index contributed by atoms with van der Waals surface area (Å²) in [6.07, 6.45) is 3.03. The summed E-state index contributed by atoms with van der Waals surface area (Å²) in [5.74, 6) is 1.06. The lowest BCUT2D eigenvalue weighted by molar-refractivity contribution is 0.619. The third-order valence-corrected chi connectivity index (χ3v) is 4.75. The highest BCUT2D eigenvalue weighted by Gasteiger charge is 2.23. The zero-order chi connectivity index (χ0) is 12.5. The Hall–Kier alpha value is -1.26. The van der Waals surface area contributed by atoms with Crippen molar-refractivity contribution in [3.05, 3.63) is 47.5 Å². The predicted octanol–water partition coefficient (Wildman–Crippen LogP) is 2.37. The molecule has 0 saturated carbocycles. The molecule has 2 aromatic rings. The van der Waals surface area contributed by atoms with Gasteiger partial charge in [-0.2, -0.15) is 0 Å². The quantitative estimate of drug-likeness (QED) is 0.920. The number of aromatic nitrogens is 2. The molecule has 0 aliphatic carbocycles. The largest absolute Gasteiger partial charge is 0.330 e. The Morgan fingerprint density at radius 3 is 3.06 bits per heavy atom. The Morgan fingerprint density at radius 2 is 2.28 bits per heavy atom. The summed E-state index contributed by atoms with van der Waals surface area (Å²) < 4.78 is 2.25. The smallest absolute Gasteiger partial charge is 0.105 e. The minimum absolute atomic E-state index is 0.561. The van der Waals surface area contributed by atoms with Crippen LogP contribution in [0.4, 0.5) is 0 Å². The van der Waals surface area contributed by atoms with E-state index in [0.29, 0.717) is 11.8 Å². The zero-order valence-electron chi connectivity index (χ0n) is 10.5. The summed E-state index contributed by atoms with van der Waals surface area (Å²) >= 11 is 1.97. The summed E-state index contributed by atoms with van der Waals surface area (Å²) in [6.45, 7) is 3.61.